The number of hydrogen-bond donors (Lipinski definition) is 1. The maximum absolute atomic E-state index is 11.8. The van der Waals surface area contributed by atoms with Gasteiger partial charge >= 0.3 is 6.03 Å². The van der Waals surface area contributed by atoms with Crippen LogP contribution in [0.2, 0.25) is 0 Å². The lowest BCUT2D eigenvalue weighted by atomic mass is 10.1. The number of aliphatic imine (C=N–C) groups is 1. The number of rotatable bonds is 4. The second kappa shape index (κ2) is 6.58. The monoisotopic (exact) mass is 282 g/mol. The molecule has 2 heterocycles. The van der Waals surface area contributed by atoms with Gasteiger partial charge in [0.25, 0.3) is 0 Å². The second-order valence-corrected chi connectivity index (χ2v) is 4.68. The molecule has 0 spiro atoms. The van der Waals surface area contributed by atoms with Gasteiger partial charge < -0.3 is 4.74 Å². The molecular weight excluding hydrogens is 264 g/mol. The van der Waals surface area contributed by atoms with E-state index in [0.29, 0.717) is 6.54 Å². The quantitative estimate of drug-likeness (QED) is 0.512. The summed E-state index contributed by atoms with van der Waals surface area (Å²) in [4.78, 5) is 41.8. The van der Waals surface area contributed by atoms with Crippen molar-refractivity contribution in [2.45, 2.75) is 0 Å². The summed E-state index contributed by atoms with van der Waals surface area (Å²) in [7, 11) is 1.33. The van der Waals surface area contributed by atoms with E-state index in [1.807, 2.05) is 0 Å². The number of nitrogens with zero attached hydrogens (tertiary/aromatic N) is 3. The number of carbonyl (C=O) groups is 3. The number of carbonyl (C=O) groups excluding carboxylic acids is 3. The second-order valence-electron chi connectivity index (χ2n) is 4.68. The van der Waals surface area contributed by atoms with E-state index in [4.69, 9.17) is 4.74 Å². The molecule has 0 aromatic heterocycles. The molecule has 0 unspecified atom stereocenters. The Morgan fingerprint density at radius 3 is 2.75 bits per heavy atom. The molecule has 0 aromatic carbocycles. The van der Waals surface area contributed by atoms with Gasteiger partial charge in [0.05, 0.1) is 19.8 Å². The van der Waals surface area contributed by atoms with Gasteiger partial charge in [0.1, 0.15) is 0 Å². The summed E-state index contributed by atoms with van der Waals surface area (Å²) in [6.07, 6.45) is 1.32. The van der Waals surface area contributed by atoms with Crippen LogP contribution < -0.4 is 5.32 Å². The highest BCUT2D eigenvalue weighted by Gasteiger charge is 2.37. The first-order valence-corrected chi connectivity index (χ1v) is 6.52. The van der Waals surface area contributed by atoms with E-state index in [9.17, 15) is 14.4 Å². The van der Waals surface area contributed by atoms with Crippen LogP contribution in [0.3, 0.4) is 0 Å². The first kappa shape index (κ1) is 14.6. The van der Waals surface area contributed by atoms with Gasteiger partial charge in [-0.05, 0) is 0 Å². The van der Waals surface area contributed by atoms with Crippen LogP contribution in [0.25, 0.3) is 0 Å². The summed E-state index contributed by atoms with van der Waals surface area (Å²) in [6, 6.07) is -0.696. The Hall–Kier alpha value is -1.80. The Balaban J connectivity index is 1.82. The van der Waals surface area contributed by atoms with Crippen LogP contribution in [0.4, 0.5) is 4.79 Å². The first-order valence-electron chi connectivity index (χ1n) is 6.52. The van der Waals surface area contributed by atoms with Crippen LogP contribution >= 0.6 is 0 Å². The lowest BCUT2D eigenvalue weighted by molar-refractivity contribution is -0.138. The van der Waals surface area contributed by atoms with Crippen molar-refractivity contribution in [2.75, 3.05) is 46.4 Å². The fourth-order valence-electron chi connectivity index (χ4n) is 2.02. The highest BCUT2D eigenvalue weighted by atomic mass is 16.5. The molecule has 0 aromatic rings. The number of hydrogen-bond acceptors (Lipinski definition) is 6. The maximum atomic E-state index is 11.8. The molecule has 2 aliphatic rings. The summed E-state index contributed by atoms with van der Waals surface area (Å²) < 4.78 is 5.24. The predicted octanol–water partition coefficient (Wildman–Crippen LogP) is -1.29. The maximum Gasteiger partial charge on any atom is 0.330 e. The number of amides is 4. The molecule has 0 aliphatic carbocycles. The van der Waals surface area contributed by atoms with Gasteiger partial charge in [-0.3, -0.25) is 29.7 Å². The SMILES string of the molecule is CN1C(=O)NC(=O)[C@@H](C=NCCN2CCOCC2)C1=O. The molecule has 110 valence electrons. The molecule has 1 N–H and O–H groups in total. The van der Waals surface area contributed by atoms with E-state index in [1.165, 1.54) is 13.3 Å². The number of barbiturate groups is 1. The standard InChI is InChI=1S/C12H18N4O4/c1-15-11(18)9(10(17)14-12(15)19)8-13-2-3-16-4-6-20-7-5-16/h8-9H,2-7H2,1H3,(H,14,17,19)/t9-/m1/s1. The molecule has 20 heavy (non-hydrogen) atoms. The van der Waals surface area contributed by atoms with Gasteiger partial charge in [-0.25, -0.2) is 4.79 Å². The zero-order valence-electron chi connectivity index (χ0n) is 11.4. The van der Waals surface area contributed by atoms with Crippen molar-refractivity contribution in [3.8, 4) is 0 Å². The normalized spacial score (nSPS) is 25.4. The lowest BCUT2D eigenvalue weighted by Crippen LogP contribution is -2.56. The van der Waals surface area contributed by atoms with Crippen LogP contribution in [0.1, 0.15) is 0 Å². The van der Waals surface area contributed by atoms with E-state index in [0.717, 1.165) is 37.7 Å². The van der Waals surface area contributed by atoms with E-state index < -0.39 is 23.8 Å². The Labute approximate surface area is 116 Å². The van der Waals surface area contributed by atoms with Crippen molar-refractivity contribution in [1.29, 1.82) is 0 Å². The average Bonchev–Trinajstić information content (AvgIpc) is 2.45. The van der Waals surface area contributed by atoms with Crippen LogP contribution in [-0.2, 0) is 14.3 Å². The van der Waals surface area contributed by atoms with Crippen molar-refractivity contribution in [1.82, 2.24) is 15.1 Å². The Morgan fingerprint density at radius 2 is 2.05 bits per heavy atom. The minimum atomic E-state index is -1.01. The van der Waals surface area contributed by atoms with Crippen LogP contribution in [-0.4, -0.2) is 80.3 Å². The molecule has 0 saturated carbocycles. The third-order valence-electron chi connectivity index (χ3n) is 3.32. The minimum absolute atomic E-state index is 0.509. The molecule has 2 aliphatic heterocycles. The highest BCUT2D eigenvalue weighted by Crippen LogP contribution is 2.06. The Kier molecular flexibility index (Phi) is 4.80. The predicted molar refractivity (Wildman–Crippen MR) is 70.4 cm³/mol. The molecule has 8 nitrogen and oxygen atoms in total. The fraction of sp³-hybridized carbons (Fsp3) is 0.667. The molecular formula is C12H18N4O4. The van der Waals surface area contributed by atoms with E-state index in [-0.39, 0.29) is 0 Å². The number of ether oxygens (including phenoxy) is 1. The van der Waals surface area contributed by atoms with Gasteiger partial charge in [-0.2, -0.15) is 0 Å². The molecule has 4 amide bonds. The topological polar surface area (TPSA) is 91.3 Å². The molecule has 2 rings (SSSR count). The fourth-order valence-corrected chi connectivity index (χ4v) is 2.02. The summed E-state index contributed by atoms with van der Waals surface area (Å²) in [6.45, 7) is 4.46. The first-order chi connectivity index (χ1) is 9.59. The zero-order chi connectivity index (χ0) is 14.5. The number of morpholine rings is 1. The zero-order valence-corrected chi connectivity index (χ0v) is 11.4. The minimum Gasteiger partial charge on any atom is -0.379 e. The molecule has 2 fully saturated rings. The molecule has 1 atom stereocenters. The number of imide groups is 2. The van der Waals surface area contributed by atoms with E-state index >= 15 is 0 Å². The molecule has 0 radical (unpaired) electrons. The van der Waals surface area contributed by atoms with Crippen molar-refractivity contribution in [2.24, 2.45) is 10.9 Å². The van der Waals surface area contributed by atoms with E-state index in [1.54, 1.807) is 0 Å². The third-order valence-corrected chi connectivity index (χ3v) is 3.32. The largest absolute Gasteiger partial charge is 0.379 e. The van der Waals surface area contributed by atoms with Gasteiger partial charge in [0, 0.05) is 32.9 Å². The van der Waals surface area contributed by atoms with E-state index in [2.05, 4.69) is 15.2 Å². The summed E-state index contributed by atoms with van der Waals surface area (Å²) in [5, 5.41) is 2.11. The van der Waals surface area contributed by atoms with Crippen molar-refractivity contribution >= 4 is 24.1 Å². The molecule has 8 heteroatoms. The Morgan fingerprint density at radius 1 is 1.35 bits per heavy atom. The van der Waals surface area contributed by atoms with Crippen molar-refractivity contribution < 1.29 is 19.1 Å². The van der Waals surface area contributed by atoms with Gasteiger partial charge in [0.2, 0.25) is 11.8 Å². The van der Waals surface area contributed by atoms with Crippen molar-refractivity contribution in [3.05, 3.63) is 0 Å². The lowest BCUT2D eigenvalue weighted by Gasteiger charge is -2.26. The third kappa shape index (κ3) is 3.40. The molecule has 0 bridgehead atoms. The summed E-state index contributed by atoms with van der Waals surface area (Å²) >= 11 is 0. The average molecular weight is 282 g/mol. The van der Waals surface area contributed by atoms with Gasteiger partial charge in [-0.15, -0.1) is 0 Å². The number of urea groups is 1. The van der Waals surface area contributed by atoms with Crippen LogP contribution in [0, 0.1) is 5.92 Å². The smallest absolute Gasteiger partial charge is 0.330 e. The number of nitrogens with one attached hydrogen (secondary N) is 1. The van der Waals surface area contributed by atoms with Gasteiger partial charge in [-0.1, -0.05) is 0 Å². The Bertz CT molecular complexity index is 431. The van der Waals surface area contributed by atoms with Crippen molar-refractivity contribution in [3.63, 3.8) is 0 Å². The molecule has 2 saturated heterocycles. The summed E-state index contributed by atoms with van der Waals surface area (Å²) in [5.74, 6) is -2.18. The van der Waals surface area contributed by atoms with Crippen LogP contribution in [0.15, 0.2) is 4.99 Å². The summed E-state index contributed by atoms with van der Waals surface area (Å²) in [5.41, 5.74) is 0. The highest BCUT2D eigenvalue weighted by molar-refractivity contribution is 6.23. The van der Waals surface area contributed by atoms with Crippen LogP contribution in [0.5, 0.6) is 0 Å². The van der Waals surface area contributed by atoms with Gasteiger partial charge in [0.15, 0.2) is 5.92 Å².